The maximum atomic E-state index is 12.7. The van der Waals surface area contributed by atoms with Crippen molar-refractivity contribution >= 4 is 12.0 Å². The minimum atomic E-state index is -4.42. The fourth-order valence-corrected chi connectivity index (χ4v) is 5.55. The Morgan fingerprint density at radius 3 is 2.03 bits per heavy atom. The zero-order chi connectivity index (χ0) is 26.6. The third kappa shape index (κ3) is 8.43. The Labute approximate surface area is 217 Å². The summed E-state index contributed by atoms with van der Waals surface area (Å²) in [6.45, 7) is 13.5. The number of aromatic nitrogens is 2. The molecule has 37 heavy (non-hydrogen) atoms. The van der Waals surface area contributed by atoms with E-state index in [0.717, 1.165) is 84.0 Å². The fraction of sp³-hybridized carbons (Fsp3) is 0.808. The van der Waals surface area contributed by atoms with Crippen molar-refractivity contribution in [2.24, 2.45) is 11.8 Å². The van der Waals surface area contributed by atoms with E-state index in [1.54, 1.807) is 0 Å². The standard InChI is InChI=1S/C26H41F3N6O2/c1-25(2,3)37-24(36)35-12-6-20(7-13-35)16-33-9-4-19(5-10-33)17-34-11-8-22(18-34)32-23-30-14-21(15-31-23)26(27,28)29/h14-15,19-20,22H,4-13,16-18H2,1-3H3,(H,30,31,32)/t22-/m1/s1. The Kier molecular flexibility index (Phi) is 8.83. The Morgan fingerprint density at radius 2 is 1.46 bits per heavy atom. The van der Waals surface area contributed by atoms with Crippen molar-refractivity contribution in [2.75, 3.05) is 57.7 Å². The van der Waals surface area contributed by atoms with E-state index in [1.165, 1.54) is 12.8 Å². The second-order valence-corrected chi connectivity index (χ2v) is 11.8. The SMILES string of the molecule is CC(C)(C)OC(=O)N1CCC(CN2CCC(CN3CC[C@@H](Nc4ncc(C(F)(F)F)cn4)C3)CC2)CC1. The van der Waals surface area contributed by atoms with Gasteiger partial charge in [0.2, 0.25) is 5.95 Å². The molecule has 11 heteroatoms. The van der Waals surface area contributed by atoms with Crippen molar-refractivity contribution < 1.29 is 22.7 Å². The number of nitrogens with zero attached hydrogens (tertiary/aromatic N) is 5. The predicted octanol–water partition coefficient (Wildman–Crippen LogP) is 4.34. The van der Waals surface area contributed by atoms with Gasteiger partial charge in [-0.25, -0.2) is 14.8 Å². The predicted molar refractivity (Wildman–Crippen MR) is 135 cm³/mol. The molecular formula is C26H41F3N6O2. The van der Waals surface area contributed by atoms with Crippen LogP contribution in [0.5, 0.6) is 0 Å². The molecule has 1 aromatic heterocycles. The van der Waals surface area contributed by atoms with Crippen molar-refractivity contribution in [3.8, 4) is 0 Å². The first kappa shape index (κ1) is 27.9. The number of halogens is 3. The van der Waals surface area contributed by atoms with Gasteiger partial charge in [0.05, 0.1) is 5.56 Å². The summed E-state index contributed by atoms with van der Waals surface area (Å²) in [4.78, 5) is 26.8. The molecule has 0 spiro atoms. The number of rotatable bonds is 6. The van der Waals surface area contributed by atoms with Gasteiger partial charge >= 0.3 is 12.3 Å². The topological polar surface area (TPSA) is 73.8 Å². The van der Waals surface area contributed by atoms with E-state index in [4.69, 9.17) is 4.74 Å². The molecule has 0 aliphatic carbocycles. The third-order valence-electron chi connectivity index (χ3n) is 7.59. The minimum absolute atomic E-state index is 0.156. The van der Waals surface area contributed by atoms with Crippen LogP contribution in [0.25, 0.3) is 0 Å². The average Bonchev–Trinajstić information content (AvgIpc) is 3.26. The first-order chi connectivity index (χ1) is 17.4. The molecule has 3 fully saturated rings. The summed E-state index contributed by atoms with van der Waals surface area (Å²) in [5.41, 5.74) is -1.28. The Balaban J connectivity index is 1.11. The monoisotopic (exact) mass is 526 g/mol. The highest BCUT2D eigenvalue weighted by molar-refractivity contribution is 5.68. The van der Waals surface area contributed by atoms with E-state index < -0.39 is 17.3 Å². The molecule has 1 atom stereocenters. The van der Waals surface area contributed by atoms with Gasteiger partial charge in [-0.1, -0.05) is 0 Å². The molecule has 1 N–H and O–H groups in total. The fourth-order valence-electron chi connectivity index (χ4n) is 5.55. The Bertz CT molecular complexity index is 876. The van der Waals surface area contributed by atoms with Crippen molar-refractivity contribution in [3.05, 3.63) is 18.0 Å². The van der Waals surface area contributed by atoms with E-state index in [9.17, 15) is 18.0 Å². The summed E-state index contributed by atoms with van der Waals surface area (Å²) in [6, 6.07) is 0.156. The first-order valence-electron chi connectivity index (χ1n) is 13.5. The second kappa shape index (κ2) is 11.7. The van der Waals surface area contributed by atoms with Crippen molar-refractivity contribution in [3.63, 3.8) is 0 Å². The molecule has 0 unspecified atom stereocenters. The van der Waals surface area contributed by atoms with Gasteiger partial charge in [-0.2, -0.15) is 13.2 Å². The van der Waals surface area contributed by atoms with Gasteiger partial charge in [0.15, 0.2) is 0 Å². The molecule has 4 heterocycles. The maximum Gasteiger partial charge on any atom is 0.419 e. The zero-order valence-corrected chi connectivity index (χ0v) is 22.3. The second-order valence-electron chi connectivity index (χ2n) is 11.8. The molecule has 8 nitrogen and oxygen atoms in total. The van der Waals surface area contributed by atoms with Gasteiger partial charge in [-0.3, -0.25) is 0 Å². The maximum absolute atomic E-state index is 12.7. The molecule has 1 amide bonds. The number of hydrogen-bond acceptors (Lipinski definition) is 7. The average molecular weight is 527 g/mol. The lowest BCUT2D eigenvalue weighted by atomic mass is 9.92. The molecule has 1 aromatic rings. The number of alkyl halides is 3. The summed E-state index contributed by atoms with van der Waals surface area (Å²) in [6.07, 6.45) is 2.43. The van der Waals surface area contributed by atoms with Crippen LogP contribution in [-0.4, -0.2) is 94.8 Å². The molecule has 0 saturated carbocycles. The van der Waals surface area contributed by atoms with E-state index in [2.05, 4.69) is 25.1 Å². The molecule has 0 aromatic carbocycles. The number of likely N-dealkylation sites (tertiary alicyclic amines) is 3. The van der Waals surface area contributed by atoms with Crippen molar-refractivity contribution in [2.45, 2.75) is 70.7 Å². The van der Waals surface area contributed by atoms with Crippen molar-refractivity contribution in [1.29, 1.82) is 0 Å². The van der Waals surface area contributed by atoms with Crippen LogP contribution in [0.15, 0.2) is 12.4 Å². The first-order valence-corrected chi connectivity index (χ1v) is 13.5. The smallest absolute Gasteiger partial charge is 0.419 e. The largest absolute Gasteiger partial charge is 0.444 e. The third-order valence-corrected chi connectivity index (χ3v) is 7.59. The lowest BCUT2D eigenvalue weighted by Crippen LogP contribution is -2.45. The van der Waals surface area contributed by atoms with E-state index >= 15 is 0 Å². The van der Waals surface area contributed by atoms with E-state index in [1.807, 2.05) is 25.7 Å². The highest BCUT2D eigenvalue weighted by Crippen LogP contribution is 2.29. The van der Waals surface area contributed by atoms with Gasteiger partial charge < -0.3 is 24.8 Å². The normalized spacial score (nSPS) is 23.4. The van der Waals surface area contributed by atoms with Crippen LogP contribution in [0.3, 0.4) is 0 Å². The Hall–Kier alpha value is -2.14. The van der Waals surface area contributed by atoms with Crippen LogP contribution < -0.4 is 5.32 Å². The lowest BCUT2D eigenvalue weighted by molar-refractivity contribution is -0.138. The number of ether oxygens (including phenoxy) is 1. The molecule has 3 aliphatic rings. The minimum Gasteiger partial charge on any atom is -0.444 e. The van der Waals surface area contributed by atoms with Gasteiger partial charge in [0.1, 0.15) is 5.60 Å². The molecule has 0 bridgehead atoms. The summed E-state index contributed by atoms with van der Waals surface area (Å²) in [7, 11) is 0. The highest BCUT2D eigenvalue weighted by atomic mass is 19.4. The summed E-state index contributed by atoms with van der Waals surface area (Å²) in [5.74, 6) is 1.56. The van der Waals surface area contributed by atoms with E-state index in [0.29, 0.717) is 11.8 Å². The molecule has 0 radical (unpaired) electrons. The summed E-state index contributed by atoms with van der Waals surface area (Å²) in [5, 5.41) is 3.19. The summed E-state index contributed by atoms with van der Waals surface area (Å²) < 4.78 is 43.6. The van der Waals surface area contributed by atoms with Gasteiger partial charge in [0.25, 0.3) is 0 Å². The van der Waals surface area contributed by atoms with Gasteiger partial charge in [-0.15, -0.1) is 0 Å². The number of anilines is 1. The number of carbonyl (C=O) groups excluding carboxylic acids is 1. The number of carbonyl (C=O) groups is 1. The van der Waals surface area contributed by atoms with Gasteiger partial charge in [-0.05, 0) is 77.8 Å². The Morgan fingerprint density at radius 1 is 0.919 bits per heavy atom. The van der Waals surface area contributed by atoms with Crippen LogP contribution >= 0.6 is 0 Å². The lowest BCUT2D eigenvalue weighted by Gasteiger charge is -2.38. The molecule has 208 valence electrons. The highest BCUT2D eigenvalue weighted by Gasteiger charge is 2.32. The van der Waals surface area contributed by atoms with Crippen molar-refractivity contribution in [1.82, 2.24) is 24.7 Å². The zero-order valence-electron chi connectivity index (χ0n) is 22.3. The molecule has 3 aliphatic heterocycles. The number of amides is 1. The van der Waals surface area contributed by atoms with Crippen LogP contribution in [0.2, 0.25) is 0 Å². The molecule has 4 rings (SSSR count). The van der Waals surface area contributed by atoms with Crippen LogP contribution in [0.1, 0.15) is 58.4 Å². The number of hydrogen-bond donors (Lipinski definition) is 1. The van der Waals surface area contributed by atoms with Crippen LogP contribution in [0.4, 0.5) is 23.9 Å². The van der Waals surface area contributed by atoms with Crippen LogP contribution in [0, 0.1) is 11.8 Å². The van der Waals surface area contributed by atoms with Gasteiger partial charge in [0, 0.05) is 57.7 Å². The quantitative estimate of drug-likeness (QED) is 0.591. The number of piperidine rings is 2. The molecule has 3 saturated heterocycles. The number of nitrogens with one attached hydrogen (secondary N) is 1. The van der Waals surface area contributed by atoms with E-state index in [-0.39, 0.29) is 18.1 Å². The molecular weight excluding hydrogens is 485 g/mol. The summed E-state index contributed by atoms with van der Waals surface area (Å²) >= 11 is 0. The van der Waals surface area contributed by atoms with Crippen LogP contribution in [-0.2, 0) is 10.9 Å².